The molecular weight excluding hydrogens is 394 g/mol. The minimum atomic E-state index is -2.31. The zero-order chi connectivity index (χ0) is 21.1. The maximum Gasteiger partial charge on any atom is 0.221 e. The summed E-state index contributed by atoms with van der Waals surface area (Å²) in [6.07, 6.45) is 1.53. The number of hydrogen-bond acceptors (Lipinski definition) is 7. The van der Waals surface area contributed by atoms with Gasteiger partial charge in [-0.05, 0) is 18.2 Å². The molecule has 1 fully saturated rings. The maximum absolute atomic E-state index is 12.9. The Morgan fingerprint density at radius 1 is 1.20 bits per heavy atom. The molecule has 4 rings (SSSR count). The molecular formula is C20H20F2N6O2. The average Bonchev–Trinajstić information content (AvgIpc) is 3.17. The van der Waals surface area contributed by atoms with E-state index in [0.717, 1.165) is 11.2 Å². The molecule has 2 aromatic heterocycles. The van der Waals surface area contributed by atoms with Gasteiger partial charge in [0.15, 0.2) is 17.2 Å². The number of hydrogen-bond donors (Lipinski definition) is 2. The summed E-state index contributed by atoms with van der Waals surface area (Å²) in [4.78, 5) is 10.3. The molecule has 156 valence electrons. The molecule has 0 spiro atoms. The van der Waals surface area contributed by atoms with Gasteiger partial charge in [0, 0.05) is 36.3 Å². The van der Waals surface area contributed by atoms with Gasteiger partial charge < -0.3 is 20.5 Å². The van der Waals surface area contributed by atoms with Gasteiger partial charge in [0.05, 0.1) is 18.7 Å². The topological polar surface area (TPSA) is 102 Å². The van der Waals surface area contributed by atoms with Crippen LogP contribution in [0.4, 0.5) is 20.5 Å². The molecule has 1 aliphatic rings. The second-order valence-electron chi connectivity index (χ2n) is 6.89. The SMILES string of the molecule is Nc1nccc(-n2nc(N3CCOCC3)c3ccc(C#CC(O)(CF)CF)cc32)n1. The minimum absolute atomic E-state index is 0.107. The molecule has 30 heavy (non-hydrogen) atoms. The minimum Gasteiger partial charge on any atom is -0.378 e. The zero-order valence-electron chi connectivity index (χ0n) is 16.1. The number of benzene rings is 1. The van der Waals surface area contributed by atoms with E-state index in [9.17, 15) is 13.9 Å². The van der Waals surface area contributed by atoms with Crippen molar-refractivity contribution in [3.05, 3.63) is 36.0 Å². The Balaban J connectivity index is 1.84. The number of aliphatic hydroxyl groups is 1. The Morgan fingerprint density at radius 3 is 2.67 bits per heavy atom. The number of nitrogens with zero attached hydrogens (tertiary/aromatic N) is 5. The van der Waals surface area contributed by atoms with Gasteiger partial charge in [-0.15, -0.1) is 5.10 Å². The highest BCUT2D eigenvalue weighted by molar-refractivity contribution is 5.92. The van der Waals surface area contributed by atoms with Crippen LogP contribution in [-0.2, 0) is 4.74 Å². The third-order valence-corrected chi connectivity index (χ3v) is 4.73. The lowest BCUT2D eigenvalue weighted by Crippen LogP contribution is -2.36. The molecule has 0 atom stereocenters. The van der Waals surface area contributed by atoms with Gasteiger partial charge in [0.2, 0.25) is 5.95 Å². The number of ether oxygens (including phenoxy) is 1. The van der Waals surface area contributed by atoms with E-state index in [1.807, 2.05) is 6.07 Å². The van der Waals surface area contributed by atoms with Crippen LogP contribution in [0.1, 0.15) is 5.56 Å². The molecule has 0 bridgehead atoms. The van der Waals surface area contributed by atoms with Gasteiger partial charge in [-0.3, -0.25) is 0 Å². The van der Waals surface area contributed by atoms with Crippen molar-refractivity contribution in [1.29, 1.82) is 0 Å². The van der Waals surface area contributed by atoms with E-state index in [0.29, 0.717) is 43.2 Å². The zero-order valence-corrected chi connectivity index (χ0v) is 16.1. The van der Waals surface area contributed by atoms with Crippen LogP contribution < -0.4 is 10.6 Å². The van der Waals surface area contributed by atoms with E-state index in [1.54, 1.807) is 22.9 Å². The molecule has 1 aromatic carbocycles. The molecule has 3 heterocycles. The van der Waals surface area contributed by atoms with Crippen LogP contribution in [0.2, 0.25) is 0 Å². The highest BCUT2D eigenvalue weighted by atomic mass is 19.1. The molecule has 0 unspecified atom stereocenters. The van der Waals surface area contributed by atoms with Crippen LogP contribution >= 0.6 is 0 Å². The third kappa shape index (κ3) is 3.90. The Hall–Kier alpha value is -3.29. The lowest BCUT2D eigenvalue weighted by atomic mass is 10.1. The number of alkyl halides is 2. The molecule has 8 nitrogen and oxygen atoms in total. The maximum atomic E-state index is 12.9. The second-order valence-corrected chi connectivity index (χ2v) is 6.89. The van der Waals surface area contributed by atoms with Crippen molar-refractivity contribution >= 4 is 22.7 Å². The average molecular weight is 414 g/mol. The number of morpholine rings is 1. The number of aromatic nitrogens is 4. The molecule has 0 aliphatic carbocycles. The summed E-state index contributed by atoms with van der Waals surface area (Å²) >= 11 is 0. The van der Waals surface area contributed by atoms with Crippen LogP contribution in [0, 0.1) is 11.8 Å². The Bertz CT molecular complexity index is 1110. The summed E-state index contributed by atoms with van der Waals surface area (Å²) in [6, 6.07) is 6.96. The van der Waals surface area contributed by atoms with Crippen molar-refractivity contribution in [2.45, 2.75) is 5.60 Å². The summed E-state index contributed by atoms with van der Waals surface area (Å²) in [7, 11) is 0. The Kier molecular flexibility index (Phi) is 5.48. The normalized spacial score (nSPS) is 14.6. The first-order valence-corrected chi connectivity index (χ1v) is 9.35. The molecule has 10 heteroatoms. The fraction of sp³-hybridized carbons (Fsp3) is 0.350. The summed E-state index contributed by atoms with van der Waals surface area (Å²) in [6.45, 7) is 0.00217. The standard InChI is InChI=1S/C20H20F2N6O2/c21-12-20(29,13-22)5-3-14-1-2-15-16(11-14)28(17-4-6-24-19(23)25-17)26-18(15)27-7-9-30-10-8-27/h1-2,4,6,11,29H,7-10,12-13H2,(H2,23,24,25). The second kappa shape index (κ2) is 8.22. The lowest BCUT2D eigenvalue weighted by Gasteiger charge is -2.26. The van der Waals surface area contributed by atoms with Crippen LogP contribution in [0.3, 0.4) is 0 Å². The number of rotatable bonds is 4. The van der Waals surface area contributed by atoms with E-state index < -0.39 is 19.0 Å². The van der Waals surface area contributed by atoms with Gasteiger partial charge in [0.25, 0.3) is 0 Å². The molecule has 0 saturated carbocycles. The van der Waals surface area contributed by atoms with E-state index in [1.165, 1.54) is 6.20 Å². The predicted molar refractivity (Wildman–Crippen MR) is 108 cm³/mol. The van der Waals surface area contributed by atoms with Gasteiger partial charge >= 0.3 is 0 Å². The fourth-order valence-electron chi connectivity index (χ4n) is 3.13. The molecule has 3 N–H and O–H groups in total. The lowest BCUT2D eigenvalue weighted by molar-refractivity contribution is 0.0466. The largest absolute Gasteiger partial charge is 0.378 e. The van der Waals surface area contributed by atoms with Crippen LogP contribution in [0.5, 0.6) is 0 Å². The Morgan fingerprint density at radius 2 is 1.97 bits per heavy atom. The number of halogens is 2. The van der Waals surface area contributed by atoms with E-state index >= 15 is 0 Å². The summed E-state index contributed by atoms with van der Waals surface area (Å²) in [5, 5.41) is 15.3. The predicted octanol–water partition coefficient (Wildman–Crippen LogP) is 1.26. The first-order chi connectivity index (χ1) is 14.5. The number of fused-ring (bicyclic) bond motifs is 1. The number of nitrogen functional groups attached to an aromatic ring is 1. The van der Waals surface area contributed by atoms with Crippen molar-refractivity contribution < 1.29 is 18.6 Å². The van der Waals surface area contributed by atoms with Crippen LogP contribution in [-0.4, -0.2) is 70.1 Å². The van der Waals surface area contributed by atoms with Gasteiger partial charge in [-0.1, -0.05) is 11.8 Å². The van der Waals surface area contributed by atoms with Crippen LogP contribution in [0.25, 0.3) is 16.7 Å². The van der Waals surface area contributed by atoms with Crippen LogP contribution in [0.15, 0.2) is 30.5 Å². The number of nitrogens with two attached hydrogens (primary N) is 1. The smallest absolute Gasteiger partial charge is 0.221 e. The summed E-state index contributed by atoms with van der Waals surface area (Å²) in [5.41, 5.74) is 4.58. The first kappa shape index (κ1) is 20.0. The first-order valence-electron chi connectivity index (χ1n) is 9.35. The van der Waals surface area contributed by atoms with Gasteiger partial charge in [-0.25, -0.2) is 18.4 Å². The van der Waals surface area contributed by atoms with Crippen molar-refractivity contribution in [2.75, 3.05) is 50.3 Å². The summed E-state index contributed by atoms with van der Waals surface area (Å²) in [5.74, 6) is 6.25. The number of anilines is 2. The van der Waals surface area contributed by atoms with E-state index in [2.05, 4.69) is 26.7 Å². The third-order valence-electron chi connectivity index (χ3n) is 4.73. The molecule has 3 aromatic rings. The fourth-order valence-corrected chi connectivity index (χ4v) is 3.13. The Labute approximate surface area is 171 Å². The summed E-state index contributed by atoms with van der Waals surface area (Å²) < 4.78 is 32.8. The molecule has 1 aliphatic heterocycles. The van der Waals surface area contributed by atoms with Crippen molar-refractivity contribution in [3.8, 4) is 17.7 Å². The highest BCUT2D eigenvalue weighted by Gasteiger charge is 2.24. The van der Waals surface area contributed by atoms with E-state index in [-0.39, 0.29) is 5.95 Å². The molecule has 0 radical (unpaired) electrons. The highest BCUT2D eigenvalue weighted by Crippen LogP contribution is 2.29. The van der Waals surface area contributed by atoms with Crippen molar-refractivity contribution in [1.82, 2.24) is 19.7 Å². The van der Waals surface area contributed by atoms with Gasteiger partial charge in [0.1, 0.15) is 13.3 Å². The molecule has 1 saturated heterocycles. The van der Waals surface area contributed by atoms with Gasteiger partial charge in [-0.2, -0.15) is 4.98 Å². The van der Waals surface area contributed by atoms with Crippen molar-refractivity contribution in [2.24, 2.45) is 0 Å². The monoisotopic (exact) mass is 414 g/mol. The van der Waals surface area contributed by atoms with E-state index in [4.69, 9.17) is 15.6 Å². The van der Waals surface area contributed by atoms with Crippen molar-refractivity contribution in [3.63, 3.8) is 0 Å². The quantitative estimate of drug-likeness (QED) is 0.620. The molecule has 0 amide bonds.